The van der Waals surface area contributed by atoms with Crippen LogP contribution in [0.1, 0.15) is 33.6 Å². The molecule has 3 aliphatic rings. The summed E-state index contributed by atoms with van der Waals surface area (Å²) in [5, 5.41) is 20.4. The maximum absolute atomic E-state index is 12.7. The van der Waals surface area contributed by atoms with E-state index in [-0.39, 0.29) is 17.7 Å². The molecule has 0 bridgehead atoms. The third-order valence-electron chi connectivity index (χ3n) is 4.87. The normalized spacial score (nSPS) is 31.6. The van der Waals surface area contributed by atoms with Gasteiger partial charge < -0.3 is 19.8 Å². The molecule has 27 heavy (non-hydrogen) atoms. The van der Waals surface area contributed by atoms with Crippen LogP contribution < -0.4 is 0 Å². The number of aliphatic hydroxyl groups excluding tert-OH is 2. The Bertz CT molecular complexity index is 805. The molecule has 2 amide bonds. The molecular formula is C17H16N2O8. The molecular weight excluding hydrogens is 360 g/mol. The van der Waals surface area contributed by atoms with Gasteiger partial charge in [-0.15, -0.1) is 0 Å². The summed E-state index contributed by atoms with van der Waals surface area (Å²) >= 11 is 0. The van der Waals surface area contributed by atoms with Gasteiger partial charge in [0.05, 0.1) is 17.2 Å². The molecule has 0 aromatic heterocycles. The highest BCUT2D eigenvalue weighted by molar-refractivity contribution is 6.21. The van der Waals surface area contributed by atoms with Gasteiger partial charge in [-0.3, -0.25) is 14.5 Å². The number of carbonyl (C=O) groups is 4. The minimum absolute atomic E-state index is 0.173. The zero-order chi connectivity index (χ0) is 19.3. The Labute approximate surface area is 152 Å². The van der Waals surface area contributed by atoms with E-state index < -0.39 is 48.2 Å². The Morgan fingerprint density at radius 2 is 1.52 bits per heavy atom. The van der Waals surface area contributed by atoms with Crippen LogP contribution in [0.2, 0.25) is 0 Å². The first-order chi connectivity index (χ1) is 12.9. The maximum Gasteiger partial charge on any atom is 0.357 e. The molecule has 3 aliphatic heterocycles. The largest absolute Gasteiger partial charge is 0.439 e. The number of nitrogens with zero attached hydrogens (tertiary/aromatic N) is 2. The van der Waals surface area contributed by atoms with E-state index >= 15 is 0 Å². The highest BCUT2D eigenvalue weighted by Gasteiger charge is 2.50. The summed E-state index contributed by atoms with van der Waals surface area (Å²) in [5.74, 6) is -3.52. The minimum atomic E-state index is -2.12. The Morgan fingerprint density at radius 3 is 2.15 bits per heavy atom. The van der Waals surface area contributed by atoms with Gasteiger partial charge >= 0.3 is 11.9 Å². The lowest BCUT2D eigenvalue weighted by Crippen LogP contribution is -2.62. The number of benzene rings is 1. The SMILES string of the molecule is O=C1OC2[C@H](N3C(=O)c4ccccc4C3=O)CCCN2OC(=O)C(O)C1O. The molecule has 0 spiro atoms. The number of ether oxygens (including phenoxy) is 1. The van der Waals surface area contributed by atoms with Crippen LogP contribution in [0.5, 0.6) is 0 Å². The van der Waals surface area contributed by atoms with Gasteiger partial charge in [-0.1, -0.05) is 17.2 Å². The van der Waals surface area contributed by atoms with Crippen LogP contribution in [0.4, 0.5) is 0 Å². The van der Waals surface area contributed by atoms with Crippen LogP contribution in [-0.4, -0.2) is 75.0 Å². The molecule has 2 saturated heterocycles. The number of esters is 1. The van der Waals surface area contributed by atoms with Crippen molar-refractivity contribution in [1.29, 1.82) is 0 Å². The number of piperidine rings is 1. The maximum atomic E-state index is 12.7. The third-order valence-corrected chi connectivity index (χ3v) is 4.87. The first kappa shape index (κ1) is 17.6. The second-order valence-corrected chi connectivity index (χ2v) is 6.50. The predicted octanol–water partition coefficient (Wildman–Crippen LogP) is -1.19. The van der Waals surface area contributed by atoms with Crippen molar-refractivity contribution >= 4 is 23.8 Å². The summed E-state index contributed by atoms with van der Waals surface area (Å²) in [6, 6.07) is 5.41. The molecule has 1 aromatic carbocycles. The molecule has 0 saturated carbocycles. The number of hydrogen-bond donors (Lipinski definition) is 2. The van der Waals surface area contributed by atoms with Gasteiger partial charge in [0.25, 0.3) is 11.8 Å². The van der Waals surface area contributed by atoms with E-state index in [9.17, 15) is 29.4 Å². The second kappa shape index (κ2) is 6.41. The van der Waals surface area contributed by atoms with Crippen molar-refractivity contribution < 1.29 is 39.0 Å². The lowest BCUT2D eigenvalue weighted by atomic mass is 10.0. The fourth-order valence-electron chi connectivity index (χ4n) is 3.53. The van der Waals surface area contributed by atoms with E-state index in [4.69, 9.17) is 9.57 Å². The van der Waals surface area contributed by atoms with Gasteiger partial charge in [-0.25, -0.2) is 9.59 Å². The summed E-state index contributed by atoms with van der Waals surface area (Å²) in [4.78, 5) is 55.5. The Morgan fingerprint density at radius 1 is 0.926 bits per heavy atom. The Hall–Kier alpha value is -2.82. The molecule has 10 heteroatoms. The summed E-state index contributed by atoms with van der Waals surface area (Å²) in [5.41, 5.74) is 0.480. The monoisotopic (exact) mass is 376 g/mol. The lowest BCUT2D eigenvalue weighted by Gasteiger charge is -2.43. The molecule has 1 aromatic rings. The predicted molar refractivity (Wildman–Crippen MR) is 84.7 cm³/mol. The van der Waals surface area contributed by atoms with Crippen molar-refractivity contribution in [2.24, 2.45) is 0 Å². The van der Waals surface area contributed by atoms with Crippen LogP contribution in [0.25, 0.3) is 0 Å². The number of amides is 2. The molecule has 142 valence electrons. The van der Waals surface area contributed by atoms with Crippen LogP contribution in [0, 0.1) is 0 Å². The van der Waals surface area contributed by atoms with Gasteiger partial charge in [0, 0.05) is 6.54 Å². The first-order valence-corrected chi connectivity index (χ1v) is 8.42. The summed E-state index contributed by atoms with van der Waals surface area (Å²) in [7, 11) is 0. The molecule has 3 heterocycles. The Balaban J connectivity index is 1.68. The average Bonchev–Trinajstić information content (AvgIpc) is 2.92. The molecule has 4 rings (SSSR count). The minimum Gasteiger partial charge on any atom is -0.439 e. The summed E-state index contributed by atoms with van der Waals surface area (Å²) in [6.07, 6.45) is -4.73. The molecule has 0 radical (unpaired) electrons. The fraction of sp³-hybridized carbons (Fsp3) is 0.412. The number of aliphatic hydroxyl groups is 2. The van der Waals surface area contributed by atoms with Crippen molar-refractivity contribution in [3.05, 3.63) is 35.4 Å². The number of hydrogen-bond acceptors (Lipinski definition) is 9. The van der Waals surface area contributed by atoms with Crippen molar-refractivity contribution in [3.8, 4) is 0 Å². The topological polar surface area (TPSA) is 134 Å². The van der Waals surface area contributed by atoms with Crippen molar-refractivity contribution in [3.63, 3.8) is 0 Å². The molecule has 2 N–H and O–H groups in total. The second-order valence-electron chi connectivity index (χ2n) is 6.50. The Kier molecular flexibility index (Phi) is 4.17. The zero-order valence-electron chi connectivity index (χ0n) is 14.0. The quantitative estimate of drug-likeness (QED) is 0.458. The zero-order valence-corrected chi connectivity index (χ0v) is 14.0. The van der Waals surface area contributed by atoms with Crippen LogP contribution >= 0.6 is 0 Å². The van der Waals surface area contributed by atoms with Crippen LogP contribution in [-0.2, 0) is 19.2 Å². The number of imide groups is 1. The standard InChI is InChI=1S/C17H16N2O8/c20-11-12(21)17(25)27-18-7-3-6-10(15(18)26-16(11)24)19-13(22)8-4-1-2-5-9(8)14(19)23/h1-2,4-5,10-12,15,20-21H,3,6-7H2/t10-,11?,12?,15?/m1/s1. The number of fused-ring (bicyclic) bond motifs is 2. The van der Waals surface area contributed by atoms with Gasteiger partial charge in [-0.2, -0.15) is 0 Å². The van der Waals surface area contributed by atoms with Gasteiger partial charge in [0.1, 0.15) is 0 Å². The van der Waals surface area contributed by atoms with Crippen molar-refractivity contribution in [2.75, 3.05) is 6.54 Å². The van der Waals surface area contributed by atoms with Gasteiger partial charge in [-0.05, 0) is 25.0 Å². The van der Waals surface area contributed by atoms with Crippen LogP contribution in [0.3, 0.4) is 0 Å². The van der Waals surface area contributed by atoms with Crippen molar-refractivity contribution in [1.82, 2.24) is 9.96 Å². The average molecular weight is 376 g/mol. The van der Waals surface area contributed by atoms with Crippen LogP contribution in [0.15, 0.2) is 24.3 Å². The third kappa shape index (κ3) is 2.69. The molecule has 3 unspecified atom stereocenters. The van der Waals surface area contributed by atoms with E-state index in [1.54, 1.807) is 12.1 Å². The van der Waals surface area contributed by atoms with E-state index in [1.165, 1.54) is 12.1 Å². The smallest absolute Gasteiger partial charge is 0.357 e. The number of rotatable bonds is 1. The van der Waals surface area contributed by atoms with Gasteiger partial charge in [0.2, 0.25) is 6.23 Å². The summed E-state index contributed by atoms with van der Waals surface area (Å²) < 4.78 is 5.20. The fourth-order valence-corrected chi connectivity index (χ4v) is 3.53. The molecule has 2 fully saturated rings. The van der Waals surface area contributed by atoms with Gasteiger partial charge in [0.15, 0.2) is 12.2 Å². The molecule has 0 aliphatic carbocycles. The summed E-state index contributed by atoms with van der Waals surface area (Å²) in [6.45, 7) is 0.173. The van der Waals surface area contributed by atoms with E-state index in [0.717, 1.165) is 9.96 Å². The molecule has 10 nitrogen and oxygen atoms in total. The highest BCUT2D eigenvalue weighted by Crippen LogP contribution is 2.32. The number of hydroxylamine groups is 2. The molecule has 4 atom stereocenters. The first-order valence-electron chi connectivity index (χ1n) is 8.42. The van der Waals surface area contributed by atoms with E-state index in [1.807, 2.05) is 0 Å². The van der Waals surface area contributed by atoms with Crippen molar-refractivity contribution in [2.45, 2.75) is 37.3 Å². The lowest BCUT2D eigenvalue weighted by molar-refractivity contribution is -0.278. The highest BCUT2D eigenvalue weighted by atomic mass is 16.8. The number of carbonyl (C=O) groups excluding carboxylic acids is 4. The van der Waals surface area contributed by atoms with E-state index in [0.29, 0.717) is 12.8 Å². The van der Waals surface area contributed by atoms with E-state index in [2.05, 4.69) is 0 Å².